The Balaban J connectivity index is 1.66. The molecule has 1 heterocycles. The quantitative estimate of drug-likeness (QED) is 0.738. The SMILES string of the molecule is CSCCCCNCc1ccn(C2CCCCC2)n1. The van der Waals surface area contributed by atoms with Crippen molar-refractivity contribution >= 4 is 11.8 Å². The zero-order chi connectivity index (χ0) is 13.3. The summed E-state index contributed by atoms with van der Waals surface area (Å²) in [7, 11) is 0. The summed E-state index contributed by atoms with van der Waals surface area (Å²) in [5, 5.41) is 8.21. The van der Waals surface area contributed by atoms with E-state index < -0.39 is 0 Å². The summed E-state index contributed by atoms with van der Waals surface area (Å²) in [4.78, 5) is 0. The standard InChI is InChI=1S/C15H27N3S/c1-19-12-6-5-10-16-13-14-9-11-18(17-14)15-7-3-2-4-8-15/h9,11,15-16H,2-8,10,12-13H2,1H3. The molecular weight excluding hydrogens is 254 g/mol. The van der Waals surface area contributed by atoms with E-state index in [-0.39, 0.29) is 0 Å². The van der Waals surface area contributed by atoms with Gasteiger partial charge in [-0.1, -0.05) is 19.3 Å². The molecule has 0 bridgehead atoms. The van der Waals surface area contributed by atoms with Gasteiger partial charge >= 0.3 is 0 Å². The maximum Gasteiger partial charge on any atom is 0.0762 e. The van der Waals surface area contributed by atoms with Crippen LogP contribution in [0.25, 0.3) is 0 Å². The summed E-state index contributed by atoms with van der Waals surface area (Å²) < 4.78 is 2.20. The highest BCUT2D eigenvalue weighted by molar-refractivity contribution is 7.98. The van der Waals surface area contributed by atoms with Crippen molar-refractivity contribution < 1.29 is 0 Å². The Morgan fingerprint density at radius 3 is 2.95 bits per heavy atom. The highest BCUT2D eigenvalue weighted by Gasteiger charge is 2.15. The number of rotatable bonds is 8. The Labute approximate surface area is 121 Å². The van der Waals surface area contributed by atoms with Crippen LogP contribution in [0, 0.1) is 0 Å². The van der Waals surface area contributed by atoms with Crippen LogP contribution in [0.1, 0.15) is 56.7 Å². The highest BCUT2D eigenvalue weighted by atomic mass is 32.2. The van der Waals surface area contributed by atoms with E-state index in [2.05, 4.69) is 28.5 Å². The number of hydrogen-bond acceptors (Lipinski definition) is 3. The van der Waals surface area contributed by atoms with Crippen LogP contribution in [-0.4, -0.2) is 28.3 Å². The maximum absolute atomic E-state index is 4.72. The summed E-state index contributed by atoms with van der Waals surface area (Å²) in [6, 6.07) is 2.83. The molecule has 0 amide bonds. The van der Waals surface area contributed by atoms with Crippen molar-refractivity contribution in [3.8, 4) is 0 Å². The summed E-state index contributed by atoms with van der Waals surface area (Å²) in [6.45, 7) is 2.02. The predicted octanol–water partition coefficient (Wildman–Crippen LogP) is 3.62. The maximum atomic E-state index is 4.72. The minimum atomic E-state index is 0.657. The fourth-order valence-electron chi connectivity index (χ4n) is 2.73. The summed E-state index contributed by atoms with van der Waals surface area (Å²) in [6.07, 6.45) is 13.7. The molecule has 1 aliphatic rings. The Bertz CT molecular complexity index is 345. The van der Waals surface area contributed by atoms with Gasteiger partial charge in [-0.15, -0.1) is 0 Å². The number of unbranched alkanes of at least 4 members (excludes halogenated alkanes) is 1. The molecule has 0 aliphatic heterocycles. The molecule has 1 fully saturated rings. The van der Waals surface area contributed by atoms with Crippen molar-refractivity contribution in [2.24, 2.45) is 0 Å². The second-order valence-electron chi connectivity index (χ2n) is 5.46. The molecular formula is C15H27N3S. The summed E-state index contributed by atoms with van der Waals surface area (Å²) >= 11 is 1.93. The van der Waals surface area contributed by atoms with E-state index in [1.54, 1.807) is 0 Å². The molecule has 1 aromatic heterocycles. The Kier molecular flexibility index (Phi) is 6.79. The first-order valence-corrected chi connectivity index (χ1v) is 9.03. The molecule has 19 heavy (non-hydrogen) atoms. The van der Waals surface area contributed by atoms with Crippen molar-refractivity contribution in [1.29, 1.82) is 0 Å². The van der Waals surface area contributed by atoms with Crippen molar-refractivity contribution in [2.75, 3.05) is 18.6 Å². The number of aromatic nitrogens is 2. The Morgan fingerprint density at radius 1 is 1.32 bits per heavy atom. The number of hydrogen-bond donors (Lipinski definition) is 1. The summed E-state index contributed by atoms with van der Waals surface area (Å²) in [5.41, 5.74) is 1.19. The van der Waals surface area contributed by atoms with E-state index in [0.717, 1.165) is 13.1 Å². The van der Waals surface area contributed by atoms with Gasteiger partial charge in [-0.2, -0.15) is 16.9 Å². The van der Waals surface area contributed by atoms with Gasteiger partial charge < -0.3 is 5.32 Å². The van der Waals surface area contributed by atoms with E-state index in [4.69, 9.17) is 5.10 Å². The summed E-state index contributed by atoms with van der Waals surface area (Å²) in [5.74, 6) is 1.28. The predicted molar refractivity (Wildman–Crippen MR) is 83.7 cm³/mol. The molecule has 0 unspecified atom stereocenters. The fraction of sp³-hybridized carbons (Fsp3) is 0.800. The van der Waals surface area contributed by atoms with Gasteiger partial charge in [0.15, 0.2) is 0 Å². The molecule has 4 heteroatoms. The molecule has 108 valence electrons. The third-order valence-electron chi connectivity index (χ3n) is 3.87. The van der Waals surface area contributed by atoms with Crippen LogP contribution in [0.15, 0.2) is 12.3 Å². The molecule has 0 atom stereocenters. The van der Waals surface area contributed by atoms with Crippen LogP contribution in [0.4, 0.5) is 0 Å². The van der Waals surface area contributed by atoms with Crippen LogP contribution in [0.2, 0.25) is 0 Å². The van der Waals surface area contributed by atoms with Gasteiger partial charge in [0.2, 0.25) is 0 Å². The van der Waals surface area contributed by atoms with Gasteiger partial charge in [0, 0.05) is 12.7 Å². The fourth-order valence-corrected chi connectivity index (χ4v) is 3.23. The molecule has 0 radical (unpaired) electrons. The van der Waals surface area contributed by atoms with E-state index in [9.17, 15) is 0 Å². The van der Waals surface area contributed by atoms with Gasteiger partial charge in [-0.05, 0) is 50.3 Å². The molecule has 3 nitrogen and oxygen atoms in total. The van der Waals surface area contributed by atoms with Crippen molar-refractivity contribution in [1.82, 2.24) is 15.1 Å². The lowest BCUT2D eigenvalue weighted by Gasteiger charge is -2.21. The van der Waals surface area contributed by atoms with E-state index in [1.165, 1.54) is 56.4 Å². The minimum Gasteiger partial charge on any atom is -0.311 e. The smallest absolute Gasteiger partial charge is 0.0762 e. The van der Waals surface area contributed by atoms with Crippen LogP contribution < -0.4 is 5.32 Å². The molecule has 0 aromatic carbocycles. The zero-order valence-electron chi connectivity index (χ0n) is 12.1. The van der Waals surface area contributed by atoms with Gasteiger partial charge in [0.05, 0.1) is 11.7 Å². The molecule has 1 aliphatic carbocycles. The van der Waals surface area contributed by atoms with Crippen molar-refractivity contribution in [3.63, 3.8) is 0 Å². The molecule has 0 saturated heterocycles. The van der Waals surface area contributed by atoms with Crippen molar-refractivity contribution in [3.05, 3.63) is 18.0 Å². The first-order chi connectivity index (χ1) is 9.40. The lowest BCUT2D eigenvalue weighted by atomic mass is 9.96. The van der Waals surface area contributed by atoms with Crippen LogP contribution in [0.5, 0.6) is 0 Å². The first-order valence-electron chi connectivity index (χ1n) is 7.64. The number of nitrogens with one attached hydrogen (secondary N) is 1. The number of thioether (sulfide) groups is 1. The molecule has 1 saturated carbocycles. The zero-order valence-corrected chi connectivity index (χ0v) is 12.9. The van der Waals surface area contributed by atoms with Crippen LogP contribution in [0.3, 0.4) is 0 Å². The Morgan fingerprint density at radius 2 is 2.16 bits per heavy atom. The van der Waals surface area contributed by atoms with E-state index in [1.807, 2.05) is 11.8 Å². The average Bonchev–Trinajstić information content (AvgIpc) is 2.92. The minimum absolute atomic E-state index is 0.657. The highest BCUT2D eigenvalue weighted by Crippen LogP contribution is 2.27. The first kappa shape index (κ1) is 14.9. The van der Waals surface area contributed by atoms with Gasteiger partial charge in [0.25, 0.3) is 0 Å². The molecule has 1 aromatic rings. The van der Waals surface area contributed by atoms with Gasteiger partial charge in [-0.25, -0.2) is 0 Å². The van der Waals surface area contributed by atoms with Crippen molar-refractivity contribution in [2.45, 2.75) is 57.5 Å². The second-order valence-corrected chi connectivity index (χ2v) is 6.44. The monoisotopic (exact) mass is 281 g/mol. The average molecular weight is 281 g/mol. The van der Waals surface area contributed by atoms with E-state index in [0.29, 0.717) is 6.04 Å². The van der Waals surface area contributed by atoms with Crippen LogP contribution in [-0.2, 0) is 6.54 Å². The van der Waals surface area contributed by atoms with E-state index >= 15 is 0 Å². The molecule has 1 N–H and O–H groups in total. The molecule has 2 rings (SSSR count). The van der Waals surface area contributed by atoms with Gasteiger partial charge in [0.1, 0.15) is 0 Å². The number of nitrogens with zero attached hydrogens (tertiary/aromatic N) is 2. The van der Waals surface area contributed by atoms with Crippen LogP contribution >= 0.6 is 11.8 Å². The Hall–Kier alpha value is -0.480. The largest absolute Gasteiger partial charge is 0.311 e. The molecule has 0 spiro atoms. The second kappa shape index (κ2) is 8.64. The third-order valence-corrected chi connectivity index (χ3v) is 4.57. The van der Waals surface area contributed by atoms with Gasteiger partial charge in [-0.3, -0.25) is 4.68 Å². The topological polar surface area (TPSA) is 29.9 Å². The lowest BCUT2D eigenvalue weighted by Crippen LogP contribution is -2.17. The lowest BCUT2D eigenvalue weighted by molar-refractivity contribution is 0.327. The third kappa shape index (κ3) is 5.19. The normalized spacial score (nSPS) is 16.9.